The van der Waals surface area contributed by atoms with Crippen LogP contribution in [0.3, 0.4) is 0 Å². The van der Waals surface area contributed by atoms with Crippen molar-refractivity contribution in [2.45, 2.75) is 45.8 Å². The van der Waals surface area contributed by atoms with E-state index in [1.165, 1.54) is 23.5 Å². The molecule has 1 unspecified atom stereocenters. The zero-order valence-electron chi connectivity index (χ0n) is 24.2. The van der Waals surface area contributed by atoms with Gasteiger partial charge in [0.2, 0.25) is 0 Å². The number of nitrogens with zero attached hydrogens (tertiary/aromatic N) is 8. The second-order valence-corrected chi connectivity index (χ2v) is 12.0. The third-order valence-electron chi connectivity index (χ3n) is 6.93. The van der Waals surface area contributed by atoms with E-state index in [4.69, 9.17) is 19.8 Å². The van der Waals surface area contributed by atoms with E-state index in [0.29, 0.717) is 64.6 Å². The maximum atomic E-state index is 13.5. The number of anilines is 3. The van der Waals surface area contributed by atoms with Crippen molar-refractivity contribution in [3.63, 3.8) is 0 Å². The lowest BCUT2D eigenvalue weighted by Crippen LogP contribution is -2.57. The molecule has 0 bridgehead atoms. The average molecular weight is 593 g/mol. The second-order valence-electron chi connectivity index (χ2n) is 11.0. The van der Waals surface area contributed by atoms with Crippen LogP contribution in [-0.2, 0) is 11.2 Å². The first-order valence-electron chi connectivity index (χ1n) is 13.7. The number of aryl methyl sites for hydroxylation is 1. The number of aromatic nitrogens is 4. The van der Waals surface area contributed by atoms with E-state index in [0.717, 1.165) is 5.69 Å². The molecule has 0 aliphatic carbocycles. The predicted molar refractivity (Wildman–Crippen MR) is 159 cm³/mol. The number of halogens is 1. The van der Waals surface area contributed by atoms with Crippen LogP contribution < -0.4 is 9.80 Å². The van der Waals surface area contributed by atoms with E-state index in [1.807, 2.05) is 56.7 Å². The molecule has 13 heteroatoms. The molecule has 11 nitrogen and oxygen atoms in total. The molecule has 220 valence electrons. The van der Waals surface area contributed by atoms with Crippen LogP contribution in [0.5, 0.6) is 0 Å². The summed E-state index contributed by atoms with van der Waals surface area (Å²) in [5.41, 5.74) is 1.97. The third kappa shape index (κ3) is 5.73. The van der Waals surface area contributed by atoms with Gasteiger partial charge in [-0.05, 0) is 63.6 Å². The van der Waals surface area contributed by atoms with Gasteiger partial charge in [0.1, 0.15) is 33.9 Å². The summed E-state index contributed by atoms with van der Waals surface area (Å²) >= 11 is 1.24. The summed E-state index contributed by atoms with van der Waals surface area (Å²) < 4.78 is 20.8. The fourth-order valence-corrected chi connectivity index (χ4v) is 5.75. The number of piperazine rings is 1. The molecule has 1 aliphatic heterocycles. The molecule has 1 aliphatic rings. The van der Waals surface area contributed by atoms with Crippen molar-refractivity contribution in [1.82, 2.24) is 24.5 Å². The second kappa shape index (κ2) is 11.5. The number of hydrogen-bond donors (Lipinski definition) is 1. The van der Waals surface area contributed by atoms with Crippen molar-refractivity contribution in [3.8, 4) is 17.3 Å². The molecular formula is C29H33FN8O3S. The molecule has 5 rings (SSSR count). The van der Waals surface area contributed by atoms with Crippen LogP contribution in [0.25, 0.3) is 16.9 Å². The Morgan fingerprint density at radius 1 is 1.21 bits per heavy atom. The number of imidazole rings is 1. The molecule has 0 saturated carbocycles. The summed E-state index contributed by atoms with van der Waals surface area (Å²) in [5.74, 6) is 1.02. The number of aliphatic hydroxyl groups excluding tert-OH is 1. The van der Waals surface area contributed by atoms with Gasteiger partial charge in [0.15, 0.2) is 16.6 Å². The Labute approximate surface area is 247 Å². The number of nitriles is 1. The predicted octanol–water partition coefficient (Wildman–Crippen LogP) is 4.61. The molecule has 4 heterocycles. The highest BCUT2D eigenvalue weighted by Crippen LogP contribution is 2.37. The van der Waals surface area contributed by atoms with Gasteiger partial charge in [-0.3, -0.25) is 4.90 Å². The number of carbonyl (C=O) groups is 1. The van der Waals surface area contributed by atoms with Gasteiger partial charge >= 0.3 is 6.09 Å². The highest BCUT2D eigenvalue weighted by atomic mass is 32.1. The Bertz CT molecular complexity index is 1640. The molecule has 4 aromatic rings. The molecule has 1 aromatic carbocycles. The molecule has 42 heavy (non-hydrogen) atoms. The van der Waals surface area contributed by atoms with Crippen molar-refractivity contribution in [3.05, 3.63) is 52.8 Å². The smallest absolute Gasteiger partial charge is 0.410 e. The number of rotatable bonds is 6. The van der Waals surface area contributed by atoms with Gasteiger partial charge in [0.25, 0.3) is 0 Å². The number of aliphatic hydroxyl groups is 1. The fraction of sp³-hybridized carbons (Fsp3) is 0.414. The quantitative estimate of drug-likeness (QED) is 0.342. The van der Waals surface area contributed by atoms with Gasteiger partial charge in [0.05, 0.1) is 18.3 Å². The molecule has 1 saturated heterocycles. The van der Waals surface area contributed by atoms with Gasteiger partial charge in [-0.15, -0.1) is 5.10 Å². The Morgan fingerprint density at radius 2 is 1.95 bits per heavy atom. The average Bonchev–Trinajstić information content (AvgIpc) is 3.57. The summed E-state index contributed by atoms with van der Waals surface area (Å²) in [6.45, 7) is 8.51. The maximum Gasteiger partial charge on any atom is 0.410 e. The van der Waals surface area contributed by atoms with E-state index < -0.39 is 17.7 Å². The van der Waals surface area contributed by atoms with Crippen molar-refractivity contribution < 1.29 is 19.0 Å². The first kappa shape index (κ1) is 29.2. The van der Waals surface area contributed by atoms with Crippen LogP contribution in [0.15, 0.2) is 36.4 Å². The summed E-state index contributed by atoms with van der Waals surface area (Å²) in [7, 11) is 1.85. The molecule has 1 atom stereocenters. The van der Waals surface area contributed by atoms with Crippen LogP contribution in [0.2, 0.25) is 0 Å². The molecule has 1 N–H and O–H groups in total. The van der Waals surface area contributed by atoms with E-state index in [2.05, 4.69) is 6.07 Å². The Morgan fingerprint density at radius 3 is 2.60 bits per heavy atom. The molecule has 1 amide bonds. The minimum absolute atomic E-state index is 0.210. The minimum atomic E-state index is -0.632. The van der Waals surface area contributed by atoms with Crippen LogP contribution in [0, 0.1) is 17.1 Å². The van der Waals surface area contributed by atoms with Crippen molar-refractivity contribution in [1.29, 1.82) is 5.26 Å². The number of benzene rings is 1. The Hall–Kier alpha value is -4.28. The van der Waals surface area contributed by atoms with Gasteiger partial charge in [0, 0.05) is 32.2 Å². The molecular weight excluding hydrogens is 559 g/mol. The standard InChI is InChI=1S/C29H33FN8O3S/c1-6-21-26(35(5)27-33-25(22(15-31)42-27)18-7-9-19(30)10-8-18)38-23(32-21)11-12-24(34-38)36-13-14-37(20(16-36)17-39)28(40)41-29(2,3)4/h7-12,20,39H,6,13-14,16-17H2,1-5H3. The first-order chi connectivity index (χ1) is 20.0. The zero-order valence-corrected chi connectivity index (χ0v) is 25.0. The molecule has 0 radical (unpaired) electrons. The third-order valence-corrected chi connectivity index (χ3v) is 7.97. The summed E-state index contributed by atoms with van der Waals surface area (Å²) in [4.78, 5) is 28.2. The topological polar surface area (TPSA) is 123 Å². The normalized spacial score (nSPS) is 15.6. The lowest BCUT2D eigenvalue weighted by atomic mass is 10.1. The number of carbonyl (C=O) groups excluding carboxylic acids is 1. The van der Waals surface area contributed by atoms with Crippen molar-refractivity contribution in [2.75, 3.05) is 43.1 Å². The highest BCUT2D eigenvalue weighted by molar-refractivity contribution is 7.16. The Kier molecular flexibility index (Phi) is 8.03. The summed E-state index contributed by atoms with van der Waals surface area (Å²) in [6, 6.07) is 11.4. The van der Waals surface area contributed by atoms with Gasteiger partial charge in [-0.2, -0.15) is 9.78 Å². The zero-order chi connectivity index (χ0) is 30.2. The van der Waals surface area contributed by atoms with Crippen molar-refractivity contribution >= 4 is 39.8 Å². The van der Waals surface area contributed by atoms with Gasteiger partial charge < -0.3 is 19.6 Å². The fourth-order valence-electron chi connectivity index (χ4n) is 4.90. The van der Waals surface area contributed by atoms with Crippen LogP contribution >= 0.6 is 11.3 Å². The van der Waals surface area contributed by atoms with E-state index in [1.54, 1.807) is 21.5 Å². The number of hydrogen-bond acceptors (Lipinski definition) is 10. The SMILES string of the molecule is CCc1nc2ccc(N3CCN(C(=O)OC(C)(C)C)C(CO)C3)nn2c1N(C)c1nc(-c2ccc(F)cc2)c(C#N)s1. The van der Waals surface area contributed by atoms with Crippen LogP contribution in [0.1, 0.15) is 38.3 Å². The number of thiazole rings is 1. The molecule has 0 spiro atoms. The summed E-state index contributed by atoms with van der Waals surface area (Å²) in [6.07, 6.45) is 0.191. The van der Waals surface area contributed by atoms with Crippen LogP contribution in [-0.4, -0.2) is 80.6 Å². The first-order valence-corrected chi connectivity index (χ1v) is 14.5. The van der Waals surface area contributed by atoms with E-state index in [-0.39, 0.29) is 12.4 Å². The molecule has 3 aromatic heterocycles. The highest BCUT2D eigenvalue weighted by Gasteiger charge is 2.34. The van der Waals surface area contributed by atoms with Gasteiger partial charge in [-0.1, -0.05) is 18.3 Å². The lowest BCUT2D eigenvalue weighted by molar-refractivity contribution is 0.00698. The van der Waals surface area contributed by atoms with E-state index >= 15 is 0 Å². The monoisotopic (exact) mass is 592 g/mol. The van der Waals surface area contributed by atoms with Crippen molar-refractivity contribution in [2.24, 2.45) is 0 Å². The Balaban J connectivity index is 1.46. The van der Waals surface area contributed by atoms with E-state index in [9.17, 15) is 19.6 Å². The number of ether oxygens (including phenoxy) is 1. The largest absolute Gasteiger partial charge is 0.444 e. The molecule has 1 fully saturated rings. The summed E-state index contributed by atoms with van der Waals surface area (Å²) in [5, 5.41) is 25.4. The number of fused-ring (bicyclic) bond motifs is 1. The van der Waals surface area contributed by atoms with Gasteiger partial charge in [-0.25, -0.2) is 19.2 Å². The minimum Gasteiger partial charge on any atom is -0.444 e. The van der Waals surface area contributed by atoms with Crippen LogP contribution in [0.4, 0.5) is 26.0 Å². The maximum absolute atomic E-state index is 13.5. The lowest BCUT2D eigenvalue weighted by Gasteiger charge is -2.41. The number of amides is 1.